The first kappa shape index (κ1) is 20.4. The zero-order chi connectivity index (χ0) is 19.7. The van der Waals surface area contributed by atoms with E-state index in [0.29, 0.717) is 24.2 Å². The number of carbonyl (C=O) groups is 2. The van der Waals surface area contributed by atoms with Crippen LogP contribution >= 0.6 is 0 Å². The number of carbonyl (C=O) groups excluding carboxylic acids is 2. The van der Waals surface area contributed by atoms with Crippen molar-refractivity contribution < 1.29 is 18.0 Å². The molecule has 0 atom stereocenters. The SMILES string of the molecule is CNC(=O)Nc1ccc(NC(=O)CS(=O)(=O)CCCc2ccccc2)cc1. The molecule has 0 bridgehead atoms. The summed E-state index contributed by atoms with van der Waals surface area (Å²) in [6.07, 6.45) is 1.13. The van der Waals surface area contributed by atoms with Gasteiger partial charge >= 0.3 is 6.03 Å². The van der Waals surface area contributed by atoms with Gasteiger partial charge in [-0.25, -0.2) is 13.2 Å². The van der Waals surface area contributed by atoms with Gasteiger partial charge in [-0.3, -0.25) is 4.79 Å². The summed E-state index contributed by atoms with van der Waals surface area (Å²) >= 11 is 0. The van der Waals surface area contributed by atoms with Crippen molar-refractivity contribution in [2.24, 2.45) is 0 Å². The van der Waals surface area contributed by atoms with Crippen LogP contribution in [0.15, 0.2) is 54.6 Å². The van der Waals surface area contributed by atoms with E-state index in [1.807, 2.05) is 30.3 Å². The Bertz CT molecular complexity index is 866. The number of urea groups is 1. The van der Waals surface area contributed by atoms with E-state index >= 15 is 0 Å². The summed E-state index contributed by atoms with van der Waals surface area (Å²) in [5, 5.41) is 7.57. The average molecular weight is 389 g/mol. The Balaban J connectivity index is 1.80. The predicted octanol–water partition coefficient (Wildman–Crippen LogP) is 2.42. The van der Waals surface area contributed by atoms with Gasteiger partial charge in [0.1, 0.15) is 5.75 Å². The standard InChI is InChI=1S/C19H23N3O4S/c1-20-19(24)22-17-11-9-16(10-12-17)21-18(23)14-27(25,26)13-5-8-15-6-3-2-4-7-15/h2-4,6-7,9-12H,5,8,13-14H2,1H3,(H,21,23)(H2,20,22,24). The van der Waals surface area contributed by atoms with Gasteiger partial charge in [-0.2, -0.15) is 0 Å². The molecule has 2 rings (SSSR count). The summed E-state index contributed by atoms with van der Waals surface area (Å²) in [4.78, 5) is 23.2. The lowest BCUT2D eigenvalue weighted by Crippen LogP contribution is -2.25. The van der Waals surface area contributed by atoms with Gasteiger partial charge in [0.05, 0.1) is 5.75 Å². The highest BCUT2D eigenvalue weighted by Crippen LogP contribution is 2.14. The van der Waals surface area contributed by atoms with Crippen LogP contribution < -0.4 is 16.0 Å². The molecule has 0 aromatic heterocycles. The van der Waals surface area contributed by atoms with Gasteiger partial charge in [0.25, 0.3) is 0 Å². The fourth-order valence-electron chi connectivity index (χ4n) is 2.44. The molecular weight excluding hydrogens is 366 g/mol. The van der Waals surface area contributed by atoms with Crippen LogP contribution in [0.4, 0.5) is 16.2 Å². The molecule has 2 aromatic rings. The number of hydrogen-bond donors (Lipinski definition) is 3. The molecule has 27 heavy (non-hydrogen) atoms. The third-order valence-electron chi connectivity index (χ3n) is 3.77. The van der Waals surface area contributed by atoms with Crippen LogP contribution in [0.3, 0.4) is 0 Å². The van der Waals surface area contributed by atoms with Crippen LogP contribution in [-0.4, -0.2) is 38.9 Å². The van der Waals surface area contributed by atoms with Gasteiger partial charge in [-0.15, -0.1) is 0 Å². The van der Waals surface area contributed by atoms with E-state index in [-0.39, 0.29) is 11.8 Å². The molecule has 7 nitrogen and oxygen atoms in total. The molecule has 0 aliphatic carbocycles. The minimum absolute atomic E-state index is 0.0374. The first-order valence-electron chi connectivity index (χ1n) is 8.51. The maximum Gasteiger partial charge on any atom is 0.318 e. The minimum Gasteiger partial charge on any atom is -0.341 e. The molecule has 0 unspecified atom stereocenters. The molecule has 0 aliphatic rings. The first-order chi connectivity index (χ1) is 12.9. The third-order valence-corrected chi connectivity index (χ3v) is 5.38. The number of aryl methyl sites for hydroxylation is 1. The van der Waals surface area contributed by atoms with Gasteiger partial charge in [0, 0.05) is 18.4 Å². The Morgan fingerprint density at radius 3 is 2.07 bits per heavy atom. The van der Waals surface area contributed by atoms with Crippen molar-refractivity contribution in [3.8, 4) is 0 Å². The summed E-state index contributed by atoms with van der Waals surface area (Å²) in [6.45, 7) is 0. The number of nitrogens with one attached hydrogen (secondary N) is 3. The molecule has 2 aromatic carbocycles. The molecule has 0 aliphatic heterocycles. The molecule has 0 fully saturated rings. The quantitative estimate of drug-likeness (QED) is 0.645. The van der Waals surface area contributed by atoms with Gasteiger partial charge in [0.15, 0.2) is 9.84 Å². The van der Waals surface area contributed by atoms with E-state index in [1.54, 1.807) is 24.3 Å². The molecule has 3 amide bonds. The van der Waals surface area contributed by atoms with Crippen molar-refractivity contribution >= 4 is 33.2 Å². The Labute approximate surface area is 159 Å². The number of anilines is 2. The van der Waals surface area contributed by atoms with E-state index < -0.39 is 21.5 Å². The summed E-state index contributed by atoms with van der Waals surface area (Å²) < 4.78 is 24.2. The lowest BCUT2D eigenvalue weighted by Gasteiger charge is -2.08. The molecule has 0 radical (unpaired) electrons. The van der Waals surface area contributed by atoms with Crippen molar-refractivity contribution in [2.75, 3.05) is 29.2 Å². The predicted molar refractivity (Wildman–Crippen MR) is 107 cm³/mol. The second-order valence-electron chi connectivity index (χ2n) is 6.01. The monoisotopic (exact) mass is 389 g/mol. The zero-order valence-electron chi connectivity index (χ0n) is 15.1. The highest BCUT2D eigenvalue weighted by Gasteiger charge is 2.16. The summed E-state index contributed by atoms with van der Waals surface area (Å²) in [5.41, 5.74) is 2.09. The fourth-order valence-corrected chi connectivity index (χ4v) is 3.64. The number of amides is 3. The van der Waals surface area contributed by atoms with Crippen LogP contribution in [-0.2, 0) is 21.1 Å². The molecule has 144 valence electrons. The minimum atomic E-state index is -3.48. The Hall–Kier alpha value is -2.87. The van der Waals surface area contributed by atoms with Gasteiger partial charge in [-0.1, -0.05) is 30.3 Å². The number of hydrogen-bond acceptors (Lipinski definition) is 4. The highest BCUT2D eigenvalue weighted by molar-refractivity contribution is 7.92. The Kier molecular flexibility index (Phi) is 7.36. The summed E-state index contributed by atoms with van der Waals surface area (Å²) in [5.74, 6) is -1.17. The third kappa shape index (κ3) is 7.49. The maximum atomic E-state index is 12.1. The second-order valence-corrected chi connectivity index (χ2v) is 8.19. The number of sulfone groups is 1. The lowest BCUT2D eigenvalue weighted by atomic mass is 10.1. The smallest absolute Gasteiger partial charge is 0.318 e. The van der Waals surface area contributed by atoms with E-state index in [9.17, 15) is 18.0 Å². The Morgan fingerprint density at radius 1 is 0.889 bits per heavy atom. The first-order valence-corrected chi connectivity index (χ1v) is 10.3. The van der Waals surface area contributed by atoms with Crippen LogP contribution in [0, 0.1) is 0 Å². The van der Waals surface area contributed by atoms with Gasteiger partial charge in [-0.05, 0) is 42.7 Å². The lowest BCUT2D eigenvalue weighted by molar-refractivity contribution is -0.113. The van der Waals surface area contributed by atoms with E-state index in [0.717, 1.165) is 5.56 Å². The normalized spacial score (nSPS) is 10.9. The van der Waals surface area contributed by atoms with Crippen molar-refractivity contribution in [3.63, 3.8) is 0 Å². The van der Waals surface area contributed by atoms with Crippen LogP contribution in [0.5, 0.6) is 0 Å². The second kappa shape index (κ2) is 9.72. The summed E-state index contributed by atoms with van der Waals surface area (Å²) in [7, 11) is -1.97. The van der Waals surface area contributed by atoms with Gasteiger partial charge < -0.3 is 16.0 Å². The number of rotatable bonds is 8. The van der Waals surface area contributed by atoms with E-state index in [1.165, 1.54) is 7.05 Å². The van der Waals surface area contributed by atoms with Crippen molar-refractivity contribution in [1.29, 1.82) is 0 Å². The van der Waals surface area contributed by atoms with Crippen LogP contribution in [0.2, 0.25) is 0 Å². The zero-order valence-corrected chi connectivity index (χ0v) is 15.9. The van der Waals surface area contributed by atoms with Crippen LogP contribution in [0.1, 0.15) is 12.0 Å². The Morgan fingerprint density at radius 2 is 1.48 bits per heavy atom. The largest absolute Gasteiger partial charge is 0.341 e. The number of benzene rings is 2. The van der Waals surface area contributed by atoms with E-state index in [2.05, 4.69) is 16.0 Å². The molecule has 8 heteroatoms. The van der Waals surface area contributed by atoms with E-state index in [4.69, 9.17) is 0 Å². The molecule has 0 spiro atoms. The maximum absolute atomic E-state index is 12.1. The van der Waals surface area contributed by atoms with Crippen LogP contribution in [0.25, 0.3) is 0 Å². The average Bonchev–Trinajstić information content (AvgIpc) is 2.63. The molecule has 0 heterocycles. The van der Waals surface area contributed by atoms with Gasteiger partial charge in [0.2, 0.25) is 5.91 Å². The van der Waals surface area contributed by atoms with Crippen molar-refractivity contribution in [1.82, 2.24) is 5.32 Å². The molecular formula is C19H23N3O4S. The molecule has 3 N–H and O–H groups in total. The molecule has 0 saturated heterocycles. The van der Waals surface area contributed by atoms with Crippen molar-refractivity contribution in [2.45, 2.75) is 12.8 Å². The fraction of sp³-hybridized carbons (Fsp3) is 0.263. The molecule has 0 saturated carbocycles. The summed E-state index contributed by atoms with van der Waals surface area (Å²) in [6, 6.07) is 15.7. The topological polar surface area (TPSA) is 104 Å². The van der Waals surface area contributed by atoms with Crippen molar-refractivity contribution in [3.05, 3.63) is 60.2 Å². The highest BCUT2D eigenvalue weighted by atomic mass is 32.2.